The predicted octanol–water partition coefficient (Wildman–Crippen LogP) is 3.29. The minimum Gasteiger partial charge on any atom is -0.373 e. The standard InChI is InChI=1S/C16H17BrN2O2/c1-8-2-4-11(17)15-10(8)7-13(18-15)16(20)19-12-6-9-3-5-14(12)21-9/h2,4,7,9,12,14,18H,3,5-6H2,1H3,(H,19,20)/t9-,12-,14+/m1/s1. The van der Waals surface area contributed by atoms with E-state index in [4.69, 9.17) is 4.74 Å². The molecule has 0 aliphatic carbocycles. The van der Waals surface area contributed by atoms with E-state index in [0.29, 0.717) is 11.8 Å². The van der Waals surface area contributed by atoms with E-state index in [9.17, 15) is 4.79 Å². The van der Waals surface area contributed by atoms with E-state index in [2.05, 4.69) is 26.2 Å². The number of benzene rings is 1. The van der Waals surface area contributed by atoms with Gasteiger partial charge < -0.3 is 15.0 Å². The third-order valence-corrected chi connectivity index (χ3v) is 5.29. The molecule has 1 amide bonds. The topological polar surface area (TPSA) is 54.1 Å². The first-order valence-electron chi connectivity index (χ1n) is 7.36. The van der Waals surface area contributed by atoms with Crippen molar-refractivity contribution >= 4 is 32.7 Å². The fourth-order valence-electron chi connectivity index (χ4n) is 3.48. The van der Waals surface area contributed by atoms with Gasteiger partial charge >= 0.3 is 0 Å². The molecule has 110 valence electrons. The highest BCUT2D eigenvalue weighted by Gasteiger charge is 2.41. The van der Waals surface area contributed by atoms with Crippen molar-refractivity contribution in [3.8, 4) is 0 Å². The molecule has 2 bridgehead atoms. The Hall–Kier alpha value is -1.33. The van der Waals surface area contributed by atoms with Gasteiger partial charge in [0.25, 0.3) is 5.91 Å². The SMILES string of the molecule is Cc1ccc(Br)c2[nH]c(C(=O)N[C@@H]3C[C@H]4CC[C@@H]3O4)cc12. The van der Waals surface area contributed by atoms with Crippen molar-refractivity contribution < 1.29 is 9.53 Å². The van der Waals surface area contributed by atoms with Crippen molar-refractivity contribution in [2.24, 2.45) is 0 Å². The summed E-state index contributed by atoms with van der Waals surface area (Å²) in [7, 11) is 0. The van der Waals surface area contributed by atoms with Crippen LogP contribution in [-0.2, 0) is 4.74 Å². The lowest BCUT2D eigenvalue weighted by molar-refractivity contribution is 0.0838. The molecule has 2 aliphatic rings. The number of ether oxygens (including phenoxy) is 1. The second-order valence-corrected chi connectivity index (χ2v) is 6.88. The van der Waals surface area contributed by atoms with Gasteiger partial charge in [-0.15, -0.1) is 0 Å². The van der Waals surface area contributed by atoms with Gasteiger partial charge in [0, 0.05) is 9.86 Å². The van der Waals surface area contributed by atoms with Gasteiger partial charge in [-0.2, -0.15) is 0 Å². The zero-order valence-corrected chi connectivity index (χ0v) is 13.4. The molecule has 0 radical (unpaired) electrons. The van der Waals surface area contributed by atoms with Crippen molar-refractivity contribution in [1.82, 2.24) is 10.3 Å². The van der Waals surface area contributed by atoms with E-state index >= 15 is 0 Å². The summed E-state index contributed by atoms with van der Waals surface area (Å²) in [6.45, 7) is 2.05. The third-order valence-electron chi connectivity index (χ3n) is 4.63. The van der Waals surface area contributed by atoms with Crippen LogP contribution in [0.2, 0.25) is 0 Å². The van der Waals surface area contributed by atoms with Crippen LogP contribution >= 0.6 is 15.9 Å². The van der Waals surface area contributed by atoms with Crippen molar-refractivity contribution in [2.45, 2.75) is 44.4 Å². The smallest absolute Gasteiger partial charge is 0.268 e. The van der Waals surface area contributed by atoms with Crippen molar-refractivity contribution in [3.63, 3.8) is 0 Å². The van der Waals surface area contributed by atoms with Crippen LogP contribution in [0.1, 0.15) is 35.3 Å². The summed E-state index contributed by atoms with van der Waals surface area (Å²) in [5.41, 5.74) is 2.75. The Morgan fingerprint density at radius 3 is 2.95 bits per heavy atom. The molecular weight excluding hydrogens is 332 g/mol. The fraction of sp³-hybridized carbons (Fsp3) is 0.438. The molecule has 2 saturated heterocycles. The highest BCUT2D eigenvalue weighted by molar-refractivity contribution is 9.10. The highest BCUT2D eigenvalue weighted by atomic mass is 79.9. The molecule has 2 N–H and O–H groups in total. The molecule has 0 unspecified atom stereocenters. The quantitative estimate of drug-likeness (QED) is 0.874. The maximum absolute atomic E-state index is 12.5. The van der Waals surface area contributed by atoms with Crippen molar-refractivity contribution in [2.75, 3.05) is 0 Å². The molecule has 0 spiro atoms. The Balaban J connectivity index is 1.60. The first-order chi connectivity index (χ1) is 10.1. The number of hydrogen-bond acceptors (Lipinski definition) is 2. The summed E-state index contributed by atoms with van der Waals surface area (Å²) in [4.78, 5) is 15.7. The van der Waals surface area contributed by atoms with Crippen LogP contribution in [0.3, 0.4) is 0 Å². The molecule has 5 heteroatoms. The van der Waals surface area contributed by atoms with Crippen LogP contribution in [0.25, 0.3) is 10.9 Å². The maximum Gasteiger partial charge on any atom is 0.268 e. The summed E-state index contributed by atoms with van der Waals surface area (Å²) in [6, 6.07) is 6.14. The number of carbonyl (C=O) groups excluding carboxylic acids is 1. The second kappa shape index (κ2) is 4.85. The molecule has 3 heterocycles. The monoisotopic (exact) mass is 348 g/mol. The summed E-state index contributed by atoms with van der Waals surface area (Å²) < 4.78 is 6.76. The van der Waals surface area contributed by atoms with E-state index in [1.54, 1.807) is 0 Å². The van der Waals surface area contributed by atoms with Crippen LogP contribution in [0.4, 0.5) is 0 Å². The van der Waals surface area contributed by atoms with Gasteiger partial charge in [-0.1, -0.05) is 6.07 Å². The molecular formula is C16H17BrN2O2. The number of halogens is 1. The van der Waals surface area contributed by atoms with E-state index in [-0.39, 0.29) is 18.1 Å². The number of amides is 1. The number of carbonyl (C=O) groups is 1. The zero-order valence-electron chi connectivity index (χ0n) is 11.8. The first kappa shape index (κ1) is 13.3. The molecule has 2 fully saturated rings. The number of aromatic nitrogens is 1. The number of fused-ring (bicyclic) bond motifs is 3. The zero-order chi connectivity index (χ0) is 14.6. The van der Waals surface area contributed by atoms with Crippen LogP contribution in [0, 0.1) is 6.92 Å². The Bertz CT molecular complexity index is 685. The molecule has 1 aromatic heterocycles. The fourth-order valence-corrected chi connectivity index (χ4v) is 3.93. The molecule has 3 atom stereocenters. The molecule has 4 rings (SSSR count). The molecule has 1 aromatic carbocycles. The molecule has 4 nitrogen and oxygen atoms in total. The summed E-state index contributed by atoms with van der Waals surface area (Å²) in [5, 5.41) is 4.20. The van der Waals surface area contributed by atoms with E-state index < -0.39 is 0 Å². The van der Waals surface area contributed by atoms with Gasteiger partial charge in [-0.3, -0.25) is 4.79 Å². The van der Waals surface area contributed by atoms with Crippen molar-refractivity contribution in [3.05, 3.63) is 33.9 Å². The van der Waals surface area contributed by atoms with Gasteiger partial charge in [0.15, 0.2) is 0 Å². The van der Waals surface area contributed by atoms with Gasteiger partial charge in [0.05, 0.1) is 23.8 Å². The Morgan fingerprint density at radius 1 is 1.43 bits per heavy atom. The number of hydrogen-bond donors (Lipinski definition) is 2. The third kappa shape index (κ3) is 2.19. The maximum atomic E-state index is 12.5. The summed E-state index contributed by atoms with van der Waals surface area (Å²) >= 11 is 3.53. The van der Waals surface area contributed by atoms with Gasteiger partial charge in [0.1, 0.15) is 5.69 Å². The number of aryl methyl sites for hydroxylation is 1. The molecule has 21 heavy (non-hydrogen) atoms. The lowest BCUT2D eigenvalue weighted by Gasteiger charge is -2.19. The van der Waals surface area contributed by atoms with Crippen LogP contribution in [0.15, 0.2) is 22.7 Å². The average molecular weight is 349 g/mol. The summed E-state index contributed by atoms with van der Waals surface area (Å²) in [5.74, 6) is -0.0429. The number of aromatic amines is 1. The second-order valence-electron chi connectivity index (χ2n) is 6.03. The Morgan fingerprint density at radius 2 is 2.29 bits per heavy atom. The summed E-state index contributed by atoms with van der Waals surface area (Å²) in [6.07, 6.45) is 3.69. The predicted molar refractivity (Wildman–Crippen MR) is 84.5 cm³/mol. The lowest BCUT2D eigenvalue weighted by atomic mass is 9.95. The molecule has 2 aromatic rings. The lowest BCUT2D eigenvalue weighted by Crippen LogP contribution is -2.41. The van der Waals surface area contributed by atoms with E-state index in [0.717, 1.165) is 40.2 Å². The molecule has 0 saturated carbocycles. The van der Waals surface area contributed by atoms with E-state index in [1.165, 1.54) is 0 Å². The first-order valence-corrected chi connectivity index (χ1v) is 8.15. The number of nitrogens with one attached hydrogen (secondary N) is 2. The Labute approximate surface area is 131 Å². The minimum atomic E-state index is -0.0429. The van der Waals surface area contributed by atoms with Gasteiger partial charge in [-0.25, -0.2) is 0 Å². The average Bonchev–Trinajstić information content (AvgIpc) is 3.16. The number of rotatable bonds is 2. The number of H-pyrrole nitrogens is 1. The van der Waals surface area contributed by atoms with Crippen LogP contribution in [0.5, 0.6) is 0 Å². The van der Waals surface area contributed by atoms with Gasteiger partial charge in [-0.05, 0) is 59.8 Å². The minimum absolute atomic E-state index is 0.0429. The van der Waals surface area contributed by atoms with Gasteiger partial charge in [0.2, 0.25) is 0 Å². The molecule has 2 aliphatic heterocycles. The van der Waals surface area contributed by atoms with Crippen LogP contribution < -0.4 is 5.32 Å². The highest BCUT2D eigenvalue weighted by Crippen LogP contribution is 2.34. The van der Waals surface area contributed by atoms with Crippen molar-refractivity contribution in [1.29, 1.82) is 0 Å². The van der Waals surface area contributed by atoms with Crippen LogP contribution in [-0.4, -0.2) is 29.1 Å². The largest absolute Gasteiger partial charge is 0.373 e. The Kier molecular flexibility index (Phi) is 3.08. The normalized spacial score (nSPS) is 27.4. The van der Waals surface area contributed by atoms with E-state index in [1.807, 2.05) is 25.1 Å².